The molecule has 0 N–H and O–H groups in total. The van der Waals surface area contributed by atoms with E-state index in [9.17, 15) is 4.79 Å². The Labute approximate surface area is 129 Å². The Morgan fingerprint density at radius 3 is 3.09 bits per heavy atom. The van der Waals surface area contributed by atoms with E-state index in [1.807, 2.05) is 16.8 Å². The van der Waals surface area contributed by atoms with Gasteiger partial charge in [-0.15, -0.1) is 0 Å². The fourth-order valence-corrected chi connectivity index (χ4v) is 3.17. The molecule has 4 heterocycles. The van der Waals surface area contributed by atoms with Crippen LogP contribution in [0.1, 0.15) is 28.7 Å². The highest BCUT2D eigenvalue weighted by molar-refractivity contribution is 7.08. The Kier molecular flexibility index (Phi) is 3.23. The number of carbonyl (C=O) groups excluding carboxylic acids is 1. The number of hydrogen-bond donors (Lipinski definition) is 0. The first kappa shape index (κ1) is 13.2. The highest BCUT2D eigenvalue weighted by Crippen LogP contribution is 2.28. The predicted molar refractivity (Wildman–Crippen MR) is 77.4 cm³/mol. The van der Waals surface area contributed by atoms with Crippen LogP contribution in [0.2, 0.25) is 0 Å². The van der Waals surface area contributed by atoms with Gasteiger partial charge in [-0.3, -0.25) is 4.79 Å². The molecular weight excluding hydrogens is 304 g/mol. The standard InChI is InChI=1S/C14H12N4O3S/c19-14(11-1-4-15-20-11)18-5-2-9(7-18)12-16-13(21-17-12)10-3-6-22-8-10/h1,3-4,6,8-9H,2,5,7H2/t9-/m0/s1. The van der Waals surface area contributed by atoms with Gasteiger partial charge in [-0.2, -0.15) is 16.3 Å². The van der Waals surface area contributed by atoms with Gasteiger partial charge < -0.3 is 13.9 Å². The highest BCUT2D eigenvalue weighted by Gasteiger charge is 2.32. The van der Waals surface area contributed by atoms with Gasteiger partial charge in [-0.1, -0.05) is 10.3 Å². The summed E-state index contributed by atoms with van der Waals surface area (Å²) in [5.41, 5.74) is 0.927. The molecule has 0 aromatic carbocycles. The smallest absolute Gasteiger partial charge is 0.292 e. The average molecular weight is 316 g/mol. The van der Waals surface area contributed by atoms with Gasteiger partial charge in [0.05, 0.1) is 11.8 Å². The number of rotatable bonds is 3. The van der Waals surface area contributed by atoms with E-state index in [0.717, 1.165) is 12.0 Å². The predicted octanol–water partition coefficient (Wildman–Crippen LogP) is 2.42. The Morgan fingerprint density at radius 1 is 1.36 bits per heavy atom. The van der Waals surface area contributed by atoms with Crippen LogP contribution in [0.5, 0.6) is 0 Å². The average Bonchev–Trinajstić information content (AvgIpc) is 3.35. The quantitative estimate of drug-likeness (QED) is 0.737. The summed E-state index contributed by atoms with van der Waals surface area (Å²) in [5.74, 6) is 1.36. The van der Waals surface area contributed by atoms with Gasteiger partial charge >= 0.3 is 0 Å². The van der Waals surface area contributed by atoms with Crippen LogP contribution in [-0.4, -0.2) is 39.2 Å². The van der Waals surface area contributed by atoms with Crippen molar-refractivity contribution in [2.45, 2.75) is 12.3 Å². The molecule has 1 atom stereocenters. The normalized spacial score (nSPS) is 18.0. The molecule has 0 aliphatic carbocycles. The summed E-state index contributed by atoms with van der Waals surface area (Å²) in [6.07, 6.45) is 2.27. The second kappa shape index (κ2) is 5.38. The summed E-state index contributed by atoms with van der Waals surface area (Å²) in [6, 6.07) is 3.51. The lowest BCUT2D eigenvalue weighted by molar-refractivity contribution is 0.0749. The van der Waals surface area contributed by atoms with Crippen molar-refractivity contribution in [1.29, 1.82) is 0 Å². The second-order valence-corrected chi connectivity index (χ2v) is 5.86. The van der Waals surface area contributed by atoms with Crippen LogP contribution in [0.25, 0.3) is 11.5 Å². The van der Waals surface area contributed by atoms with E-state index in [1.165, 1.54) is 6.20 Å². The molecule has 1 fully saturated rings. The molecule has 1 aliphatic heterocycles. The van der Waals surface area contributed by atoms with Crippen LogP contribution in [-0.2, 0) is 0 Å². The first-order valence-electron chi connectivity index (χ1n) is 6.87. The maximum Gasteiger partial charge on any atom is 0.292 e. The minimum atomic E-state index is -0.151. The van der Waals surface area contributed by atoms with E-state index in [4.69, 9.17) is 9.05 Å². The van der Waals surface area contributed by atoms with E-state index in [0.29, 0.717) is 24.8 Å². The van der Waals surface area contributed by atoms with Gasteiger partial charge in [-0.25, -0.2) is 0 Å². The highest BCUT2D eigenvalue weighted by atomic mass is 32.1. The van der Waals surface area contributed by atoms with Crippen molar-refractivity contribution in [2.75, 3.05) is 13.1 Å². The molecule has 0 saturated carbocycles. The van der Waals surface area contributed by atoms with Gasteiger partial charge in [0.2, 0.25) is 5.76 Å². The van der Waals surface area contributed by atoms with E-state index >= 15 is 0 Å². The molecule has 4 rings (SSSR count). The molecule has 22 heavy (non-hydrogen) atoms. The Hall–Kier alpha value is -2.48. The summed E-state index contributed by atoms with van der Waals surface area (Å²) in [6.45, 7) is 1.20. The molecule has 1 amide bonds. The maximum absolute atomic E-state index is 12.2. The van der Waals surface area contributed by atoms with Crippen molar-refractivity contribution < 1.29 is 13.8 Å². The molecule has 0 radical (unpaired) electrons. The number of carbonyl (C=O) groups is 1. The molecule has 0 spiro atoms. The van der Waals surface area contributed by atoms with Gasteiger partial charge in [0.1, 0.15) is 0 Å². The zero-order valence-corrected chi connectivity index (χ0v) is 12.3. The van der Waals surface area contributed by atoms with Crippen molar-refractivity contribution in [3.05, 3.63) is 40.7 Å². The van der Waals surface area contributed by atoms with E-state index in [-0.39, 0.29) is 17.6 Å². The summed E-state index contributed by atoms with van der Waals surface area (Å²) >= 11 is 1.58. The third-order valence-electron chi connectivity index (χ3n) is 3.70. The number of hydrogen-bond acceptors (Lipinski definition) is 7. The van der Waals surface area contributed by atoms with Crippen LogP contribution in [0.15, 0.2) is 38.1 Å². The Balaban J connectivity index is 1.48. The number of amides is 1. The molecule has 0 unspecified atom stereocenters. The summed E-state index contributed by atoms with van der Waals surface area (Å²) in [7, 11) is 0. The molecule has 8 heteroatoms. The van der Waals surface area contributed by atoms with Gasteiger partial charge in [0, 0.05) is 30.5 Å². The molecule has 1 saturated heterocycles. The second-order valence-electron chi connectivity index (χ2n) is 5.08. The van der Waals surface area contributed by atoms with Gasteiger partial charge in [0.25, 0.3) is 11.8 Å². The zero-order chi connectivity index (χ0) is 14.9. The first-order valence-corrected chi connectivity index (χ1v) is 7.81. The van der Waals surface area contributed by atoms with Crippen molar-refractivity contribution in [3.63, 3.8) is 0 Å². The van der Waals surface area contributed by atoms with E-state index in [1.54, 1.807) is 22.3 Å². The monoisotopic (exact) mass is 316 g/mol. The summed E-state index contributed by atoms with van der Waals surface area (Å²) < 4.78 is 10.2. The van der Waals surface area contributed by atoms with Crippen LogP contribution in [0.3, 0.4) is 0 Å². The Bertz CT molecular complexity index is 766. The lowest BCUT2D eigenvalue weighted by atomic mass is 10.1. The molecule has 3 aromatic heterocycles. The van der Waals surface area contributed by atoms with Crippen molar-refractivity contribution in [3.8, 4) is 11.5 Å². The molecule has 1 aliphatic rings. The van der Waals surface area contributed by atoms with Crippen molar-refractivity contribution in [1.82, 2.24) is 20.2 Å². The third-order valence-corrected chi connectivity index (χ3v) is 4.38. The lowest BCUT2D eigenvalue weighted by Gasteiger charge is -2.13. The SMILES string of the molecule is O=C(c1ccno1)N1CC[C@H](c2noc(-c3ccsc3)n2)C1. The first-order chi connectivity index (χ1) is 10.8. The fraction of sp³-hybridized carbons (Fsp3) is 0.286. The van der Waals surface area contributed by atoms with Crippen molar-refractivity contribution in [2.24, 2.45) is 0 Å². The molecule has 0 bridgehead atoms. The molecule has 112 valence electrons. The number of nitrogens with zero attached hydrogens (tertiary/aromatic N) is 4. The number of aromatic nitrogens is 3. The number of thiophene rings is 1. The van der Waals surface area contributed by atoms with Crippen LogP contribution >= 0.6 is 11.3 Å². The molecule has 3 aromatic rings. The minimum absolute atomic E-state index is 0.0861. The molecular formula is C14H12N4O3S. The summed E-state index contributed by atoms with van der Waals surface area (Å²) in [5, 5.41) is 11.5. The topological polar surface area (TPSA) is 85.3 Å². The van der Waals surface area contributed by atoms with Gasteiger partial charge in [0.15, 0.2) is 5.82 Å². The van der Waals surface area contributed by atoms with E-state index in [2.05, 4.69) is 15.3 Å². The summed E-state index contributed by atoms with van der Waals surface area (Å²) in [4.78, 5) is 18.4. The zero-order valence-electron chi connectivity index (χ0n) is 11.5. The fourth-order valence-electron chi connectivity index (χ4n) is 2.54. The molecule has 7 nitrogen and oxygen atoms in total. The lowest BCUT2D eigenvalue weighted by Crippen LogP contribution is -2.28. The Morgan fingerprint density at radius 2 is 2.32 bits per heavy atom. The number of likely N-dealkylation sites (tertiary alicyclic amines) is 1. The third kappa shape index (κ3) is 2.31. The van der Waals surface area contributed by atoms with Gasteiger partial charge in [-0.05, 0) is 17.9 Å². The van der Waals surface area contributed by atoms with Crippen LogP contribution in [0, 0.1) is 0 Å². The van der Waals surface area contributed by atoms with Crippen LogP contribution in [0.4, 0.5) is 0 Å². The largest absolute Gasteiger partial charge is 0.351 e. The van der Waals surface area contributed by atoms with Crippen LogP contribution < -0.4 is 0 Å². The van der Waals surface area contributed by atoms with E-state index < -0.39 is 0 Å². The minimum Gasteiger partial charge on any atom is -0.351 e. The van der Waals surface area contributed by atoms with Crippen molar-refractivity contribution >= 4 is 17.2 Å². The maximum atomic E-state index is 12.2.